The molecule has 1 aliphatic rings. The third-order valence-electron chi connectivity index (χ3n) is 2.69. The summed E-state index contributed by atoms with van der Waals surface area (Å²) in [4.78, 5) is 11.1. The average molecular weight is 325 g/mol. The van der Waals surface area contributed by atoms with Crippen molar-refractivity contribution >= 4 is 28.0 Å². The molecule has 0 atom stereocenters. The number of hydrogen-bond acceptors (Lipinski definition) is 6. The van der Waals surface area contributed by atoms with Crippen LogP contribution in [0.5, 0.6) is 11.5 Å². The van der Waals surface area contributed by atoms with Gasteiger partial charge in [0.05, 0.1) is 11.1 Å². The predicted octanol–water partition coefficient (Wildman–Crippen LogP) is 2.27. The molecule has 3 rings (SSSR count). The van der Waals surface area contributed by atoms with Crippen molar-refractivity contribution in [2.24, 2.45) is 0 Å². The van der Waals surface area contributed by atoms with Crippen LogP contribution in [0.25, 0.3) is 11.3 Å². The second-order valence-corrected chi connectivity index (χ2v) is 4.77. The van der Waals surface area contributed by atoms with Crippen LogP contribution in [0, 0.1) is 0 Å². The van der Waals surface area contributed by atoms with Gasteiger partial charge >= 0.3 is 0 Å². The molecule has 1 aromatic heterocycles. The van der Waals surface area contributed by atoms with Gasteiger partial charge in [-0.15, -0.1) is 0 Å². The Morgan fingerprint density at radius 2 is 2.00 bits per heavy atom. The molecular formula is C12H9BrN2O4. The number of benzene rings is 1. The van der Waals surface area contributed by atoms with Crippen molar-refractivity contribution in [2.45, 2.75) is 0 Å². The molecular weight excluding hydrogens is 316 g/mol. The van der Waals surface area contributed by atoms with Crippen LogP contribution in [0.4, 0.5) is 5.82 Å². The maximum Gasteiger partial charge on any atom is 0.174 e. The number of aromatic nitrogens is 1. The van der Waals surface area contributed by atoms with E-state index < -0.39 is 0 Å². The molecule has 98 valence electrons. The summed E-state index contributed by atoms with van der Waals surface area (Å²) >= 11 is 3.39. The Morgan fingerprint density at radius 3 is 2.63 bits per heavy atom. The molecule has 0 spiro atoms. The molecule has 0 saturated carbocycles. The van der Waals surface area contributed by atoms with E-state index >= 15 is 0 Å². The van der Waals surface area contributed by atoms with Crippen molar-refractivity contribution in [3.8, 4) is 22.8 Å². The predicted molar refractivity (Wildman–Crippen MR) is 70.4 cm³/mol. The van der Waals surface area contributed by atoms with Crippen LogP contribution in [0.3, 0.4) is 0 Å². The number of ether oxygens (including phenoxy) is 2. The second-order valence-electron chi connectivity index (χ2n) is 3.91. The molecule has 2 aromatic rings. The van der Waals surface area contributed by atoms with Gasteiger partial charge in [0, 0.05) is 10.5 Å². The van der Waals surface area contributed by atoms with E-state index in [4.69, 9.17) is 19.7 Å². The summed E-state index contributed by atoms with van der Waals surface area (Å²) in [7, 11) is 0. The highest BCUT2D eigenvalue weighted by molar-refractivity contribution is 9.10. The molecule has 0 unspecified atom stereocenters. The summed E-state index contributed by atoms with van der Waals surface area (Å²) in [6, 6.07) is 3.23. The summed E-state index contributed by atoms with van der Waals surface area (Å²) in [6.07, 6.45) is 0.719. The van der Waals surface area contributed by atoms with Crippen LogP contribution in [-0.4, -0.2) is 24.7 Å². The summed E-state index contributed by atoms with van der Waals surface area (Å²) < 4.78 is 16.9. The maximum atomic E-state index is 11.1. The molecule has 0 aliphatic carbocycles. The van der Waals surface area contributed by atoms with Gasteiger partial charge < -0.3 is 19.7 Å². The summed E-state index contributed by atoms with van der Waals surface area (Å²) in [5.41, 5.74) is 6.59. The largest absolute Gasteiger partial charge is 0.485 e. The minimum Gasteiger partial charge on any atom is -0.485 e. The normalized spacial score (nSPS) is 13.3. The molecule has 0 radical (unpaired) electrons. The molecule has 0 amide bonds. The van der Waals surface area contributed by atoms with Crippen molar-refractivity contribution < 1.29 is 18.8 Å². The van der Waals surface area contributed by atoms with Crippen molar-refractivity contribution in [3.63, 3.8) is 0 Å². The molecule has 0 fully saturated rings. The summed E-state index contributed by atoms with van der Waals surface area (Å²) in [5, 5.41) is 3.64. The number of fused-ring (bicyclic) bond motifs is 1. The van der Waals surface area contributed by atoms with Gasteiger partial charge in [-0.3, -0.25) is 4.79 Å². The standard InChI is InChI=1S/C12H9BrN2O4/c13-7-3-6(5-16)11-12(18-2-1-17-11)10(7)8-4-9(14)15-19-8/h3-5H,1-2H2,(H2,14,15). The van der Waals surface area contributed by atoms with E-state index in [1.54, 1.807) is 12.1 Å². The first kappa shape index (κ1) is 12.0. The van der Waals surface area contributed by atoms with Crippen molar-refractivity contribution in [2.75, 3.05) is 18.9 Å². The molecule has 7 heteroatoms. The van der Waals surface area contributed by atoms with Gasteiger partial charge in [-0.1, -0.05) is 5.16 Å². The molecule has 0 bridgehead atoms. The molecule has 2 heterocycles. The Morgan fingerprint density at radius 1 is 1.26 bits per heavy atom. The van der Waals surface area contributed by atoms with Crippen molar-refractivity contribution in [1.82, 2.24) is 5.16 Å². The van der Waals surface area contributed by atoms with E-state index in [1.807, 2.05) is 0 Å². The lowest BCUT2D eigenvalue weighted by Crippen LogP contribution is -2.17. The summed E-state index contributed by atoms with van der Waals surface area (Å²) in [6.45, 7) is 0.797. The molecule has 19 heavy (non-hydrogen) atoms. The Kier molecular flexibility index (Phi) is 2.90. The quantitative estimate of drug-likeness (QED) is 0.852. The van der Waals surface area contributed by atoms with Crippen LogP contribution >= 0.6 is 15.9 Å². The first-order chi connectivity index (χ1) is 9.20. The zero-order valence-corrected chi connectivity index (χ0v) is 11.3. The fourth-order valence-electron chi connectivity index (χ4n) is 1.93. The number of carbonyl (C=O) groups is 1. The molecule has 6 nitrogen and oxygen atoms in total. The number of nitrogens with two attached hydrogens (primary N) is 1. The van der Waals surface area contributed by atoms with Gasteiger partial charge in [-0.05, 0) is 22.0 Å². The Bertz CT molecular complexity index is 653. The molecule has 1 aromatic carbocycles. The van der Waals surface area contributed by atoms with Crippen LogP contribution in [0.15, 0.2) is 21.1 Å². The Hall–Kier alpha value is -2.02. The zero-order chi connectivity index (χ0) is 13.4. The minimum absolute atomic E-state index is 0.270. The van der Waals surface area contributed by atoms with E-state index in [0.717, 1.165) is 6.29 Å². The van der Waals surface area contributed by atoms with Gasteiger partial charge in [0.1, 0.15) is 13.2 Å². The van der Waals surface area contributed by atoms with Crippen LogP contribution < -0.4 is 15.2 Å². The number of nitrogen functional groups attached to an aromatic ring is 1. The van der Waals surface area contributed by atoms with Gasteiger partial charge in [-0.2, -0.15) is 0 Å². The van der Waals surface area contributed by atoms with Gasteiger partial charge in [-0.25, -0.2) is 0 Å². The Labute approximate surface area is 116 Å². The highest BCUT2D eigenvalue weighted by Gasteiger charge is 2.25. The zero-order valence-electron chi connectivity index (χ0n) is 9.68. The molecule has 0 saturated heterocycles. The smallest absolute Gasteiger partial charge is 0.174 e. The van der Waals surface area contributed by atoms with Crippen LogP contribution in [0.1, 0.15) is 10.4 Å². The molecule has 1 aliphatic heterocycles. The second kappa shape index (κ2) is 4.58. The lowest BCUT2D eigenvalue weighted by molar-refractivity contribution is 0.111. The fraction of sp³-hybridized carbons (Fsp3) is 0.167. The van der Waals surface area contributed by atoms with Crippen LogP contribution in [0.2, 0.25) is 0 Å². The van der Waals surface area contributed by atoms with E-state index in [1.165, 1.54) is 0 Å². The third kappa shape index (κ3) is 1.95. The maximum absolute atomic E-state index is 11.1. The first-order valence-corrected chi connectivity index (χ1v) is 6.30. The van der Waals surface area contributed by atoms with E-state index in [2.05, 4.69) is 21.1 Å². The Balaban J connectivity index is 2.27. The van der Waals surface area contributed by atoms with Crippen molar-refractivity contribution in [3.05, 3.63) is 22.2 Å². The number of halogens is 1. The summed E-state index contributed by atoms with van der Waals surface area (Å²) in [5.74, 6) is 1.59. The van der Waals surface area contributed by atoms with E-state index in [9.17, 15) is 4.79 Å². The number of anilines is 1. The lowest BCUT2D eigenvalue weighted by Gasteiger charge is -2.22. The van der Waals surface area contributed by atoms with Crippen LogP contribution in [-0.2, 0) is 0 Å². The number of nitrogens with zero attached hydrogens (tertiary/aromatic N) is 1. The van der Waals surface area contributed by atoms with Crippen molar-refractivity contribution in [1.29, 1.82) is 0 Å². The fourth-order valence-corrected chi connectivity index (χ4v) is 2.55. The van der Waals surface area contributed by atoms with Gasteiger partial charge in [0.2, 0.25) is 0 Å². The number of carbonyl (C=O) groups excluding carboxylic acids is 1. The monoisotopic (exact) mass is 324 g/mol. The highest BCUT2D eigenvalue weighted by atomic mass is 79.9. The first-order valence-electron chi connectivity index (χ1n) is 5.50. The number of aldehydes is 1. The van der Waals surface area contributed by atoms with Gasteiger partial charge in [0.25, 0.3) is 0 Å². The SMILES string of the molecule is Nc1cc(-c2c(Br)cc(C=O)c3c2OCCO3)on1. The number of hydrogen-bond donors (Lipinski definition) is 1. The van der Waals surface area contributed by atoms with E-state index in [0.29, 0.717) is 46.1 Å². The van der Waals surface area contributed by atoms with E-state index in [-0.39, 0.29) is 5.82 Å². The number of rotatable bonds is 2. The minimum atomic E-state index is 0.270. The lowest BCUT2D eigenvalue weighted by atomic mass is 10.1. The van der Waals surface area contributed by atoms with Gasteiger partial charge in [0.15, 0.2) is 29.4 Å². The highest BCUT2D eigenvalue weighted by Crippen LogP contribution is 2.46. The third-order valence-corrected chi connectivity index (χ3v) is 3.32. The average Bonchev–Trinajstić information content (AvgIpc) is 2.84. The molecule has 2 N–H and O–H groups in total. The topological polar surface area (TPSA) is 87.6 Å².